The Labute approximate surface area is 146 Å². The summed E-state index contributed by atoms with van der Waals surface area (Å²) in [6, 6.07) is 10.8. The lowest BCUT2D eigenvalue weighted by Gasteiger charge is -2.27. The van der Waals surface area contributed by atoms with Gasteiger partial charge < -0.3 is 10.1 Å². The summed E-state index contributed by atoms with van der Waals surface area (Å²) in [6.07, 6.45) is 8.15. The van der Waals surface area contributed by atoms with Crippen molar-refractivity contribution in [3.05, 3.63) is 65.9 Å². The Morgan fingerprint density at radius 1 is 1.28 bits per heavy atom. The SMILES string of the molecule is COc1cccc2c1CCC(NCc1cccnc1-n1cncn1)C2. The van der Waals surface area contributed by atoms with Crippen LogP contribution in [-0.2, 0) is 19.4 Å². The van der Waals surface area contributed by atoms with E-state index >= 15 is 0 Å². The first-order valence-corrected chi connectivity index (χ1v) is 8.52. The second-order valence-corrected chi connectivity index (χ2v) is 6.24. The Bertz CT molecular complexity index is 847. The van der Waals surface area contributed by atoms with Gasteiger partial charge in [-0.2, -0.15) is 5.10 Å². The van der Waals surface area contributed by atoms with Crippen molar-refractivity contribution < 1.29 is 4.74 Å². The number of nitrogens with one attached hydrogen (secondary N) is 1. The summed E-state index contributed by atoms with van der Waals surface area (Å²) in [4.78, 5) is 8.46. The number of hydrogen-bond donors (Lipinski definition) is 1. The van der Waals surface area contributed by atoms with E-state index in [-0.39, 0.29) is 0 Å². The van der Waals surface area contributed by atoms with Gasteiger partial charge in [-0.1, -0.05) is 18.2 Å². The Hall–Kier alpha value is -2.73. The molecule has 0 fully saturated rings. The topological polar surface area (TPSA) is 64.9 Å². The van der Waals surface area contributed by atoms with Crippen molar-refractivity contribution in [2.24, 2.45) is 0 Å². The van der Waals surface area contributed by atoms with Gasteiger partial charge in [0.2, 0.25) is 0 Å². The highest BCUT2D eigenvalue weighted by Crippen LogP contribution is 2.29. The lowest BCUT2D eigenvalue weighted by molar-refractivity contribution is 0.397. The van der Waals surface area contributed by atoms with Gasteiger partial charge in [-0.15, -0.1) is 0 Å². The number of methoxy groups -OCH3 is 1. The van der Waals surface area contributed by atoms with Crippen LogP contribution in [0.15, 0.2) is 49.2 Å². The second kappa shape index (κ2) is 7.03. The smallest absolute Gasteiger partial charge is 0.159 e. The number of ether oxygens (including phenoxy) is 1. The van der Waals surface area contributed by atoms with Crippen molar-refractivity contribution >= 4 is 0 Å². The zero-order chi connectivity index (χ0) is 17.1. The van der Waals surface area contributed by atoms with Crippen LogP contribution in [0.2, 0.25) is 0 Å². The van der Waals surface area contributed by atoms with Gasteiger partial charge in [0, 0.05) is 24.3 Å². The van der Waals surface area contributed by atoms with Gasteiger partial charge in [-0.05, 0) is 42.5 Å². The van der Waals surface area contributed by atoms with Crippen LogP contribution in [0.5, 0.6) is 5.75 Å². The van der Waals surface area contributed by atoms with Crippen LogP contribution in [0.1, 0.15) is 23.1 Å². The van der Waals surface area contributed by atoms with Gasteiger partial charge in [0.25, 0.3) is 0 Å². The summed E-state index contributed by atoms with van der Waals surface area (Å²) in [5, 5.41) is 7.87. The summed E-state index contributed by atoms with van der Waals surface area (Å²) < 4.78 is 7.20. The van der Waals surface area contributed by atoms with Gasteiger partial charge >= 0.3 is 0 Å². The molecular weight excluding hydrogens is 314 g/mol. The van der Waals surface area contributed by atoms with E-state index in [1.54, 1.807) is 24.3 Å². The summed E-state index contributed by atoms with van der Waals surface area (Å²) >= 11 is 0. The molecule has 1 aliphatic rings. The molecule has 128 valence electrons. The summed E-state index contributed by atoms with van der Waals surface area (Å²) in [5.74, 6) is 1.84. The predicted octanol–water partition coefficient (Wildman–Crippen LogP) is 2.32. The van der Waals surface area contributed by atoms with Crippen molar-refractivity contribution in [2.45, 2.75) is 31.8 Å². The number of fused-ring (bicyclic) bond motifs is 1. The summed E-state index contributed by atoms with van der Waals surface area (Å²) in [5.41, 5.74) is 3.85. The number of hydrogen-bond acceptors (Lipinski definition) is 5. The maximum Gasteiger partial charge on any atom is 0.159 e. The molecule has 25 heavy (non-hydrogen) atoms. The zero-order valence-electron chi connectivity index (χ0n) is 14.2. The third kappa shape index (κ3) is 3.25. The third-order valence-electron chi connectivity index (χ3n) is 4.74. The van der Waals surface area contributed by atoms with Gasteiger partial charge in [0.1, 0.15) is 18.4 Å². The maximum atomic E-state index is 5.49. The first-order chi connectivity index (χ1) is 12.3. The lowest BCUT2D eigenvalue weighted by atomic mass is 9.87. The minimum absolute atomic E-state index is 0.448. The molecule has 3 aromatic rings. The number of aromatic nitrogens is 4. The largest absolute Gasteiger partial charge is 0.496 e. The molecule has 0 bridgehead atoms. The van der Waals surface area contributed by atoms with Gasteiger partial charge in [-0.25, -0.2) is 14.6 Å². The van der Waals surface area contributed by atoms with Crippen molar-refractivity contribution in [2.75, 3.05) is 7.11 Å². The van der Waals surface area contributed by atoms with Crippen molar-refractivity contribution in [1.82, 2.24) is 25.1 Å². The van der Waals surface area contributed by atoms with Crippen LogP contribution in [-0.4, -0.2) is 32.9 Å². The number of rotatable bonds is 5. The molecule has 2 heterocycles. The van der Waals surface area contributed by atoms with E-state index in [0.717, 1.165) is 42.9 Å². The van der Waals surface area contributed by atoms with E-state index in [2.05, 4.69) is 38.6 Å². The van der Waals surface area contributed by atoms with Crippen molar-refractivity contribution in [3.63, 3.8) is 0 Å². The van der Waals surface area contributed by atoms with E-state index in [9.17, 15) is 0 Å². The first kappa shape index (κ1) is 15.8. The number of pyridine rings is 1. The highest BCUT2D eigenvalue weighted by atomic mass is 16.5. The molecule has 0 aliphatic heterocycles. The first-order valence-electron chi connectivity index (χ1n) is 8.52. The molecular formula is C19H21N5O. The fraction of sp³-hybridized carbons (Fsp3) is 0.316. The molecule has 0 amide bonds. The Kier molecular flexibility index (Phi) is 4.43. The van der Waals surface area contributed by atoms with Crippen LogP contribution in [0.4, 0.5) is 0 Å². The zero-order valence-corrected chi connectivity index (χ0v) is 14.2. The van der Waals surface area contributed by atoms with Gasteiger partial charge in [0.05, 0.1) is 7.11 Å². The van der Waals surface area contributed by atoms with E-state index < -0.39 is 0 Å². The molecule has 1 aliphatic carbocycles. The maximum absolute atomic E-state index is 5.49. The molecule has 1 unspecified atom stereocenters. The van der Waals surface area contributed by atoms with E-state index in [1.165, 1.54) is 17.5 Å². The highest BCUT2D eigenvalue weighted by molar-refractivity contribution is 5.42. The number of nitrogens with zero attached hydrogens (tertiary/aromatic N) is 4. The summed E-state index contributed by atoms with van der Waals surface area (Å²) in [6.45, 7) is 0.757. The van der Waals surface area contributed by atoms with Crippen LogP contribution in [0, 0.1) is 0 Å². The molecule has 6 nitrogen and oxygen atoms in total. The second-order valence-electron chi connectivity index (χ2n) is 6.24. The van der Waals surface area contributed by atoms with Gasteiger partial charge in [0.15, 0.2) is 5.82 Å². The van der Waals surface area contributed by atoms with Crippen LogP contribution < -0.4 is 10.1 Å². The molecule has 0 radical (unpaired) electrons. The highest BCUT2D eigenvalue weighted by Gasteiger charge is 2.21. The normalized spacial score (nSPS) is 16.4. The van der Waals surface area contributed by atoms with Gasteiger partial charge in [-0.3, -0.25) is 0 Å². The molecule has 0 saturated carbocycles. The molecule has 0 saturated heterocycles. The van der Waals surface area contributed by atoms with Crippen LogP contribution in [0.25, 0.3) is 5.82 Å². The Morgan fingerprint density at radius 2 is 2.24 bits per heavy atom. The van der Waals surface area contributed by atoms with E-state index in [0.29, 0.717) is 6.04 Å². The average molecular weight is 335 g/mol. The minimum Gasteiger partial charge on any atom is -0.496 e. The van der Waals surface area contributed by atoms with E-state index in [1.807, 2.05) is 12.1 Å². The average Bonchev–Trinajstić information content (AvgIpc) is 3.20. The minimum atomic E-state index is 0.448. The molecule has 1 atom stereocenters. The van der Waals surface area contributed by atoms with Crippen LogP contribution >= 0.6 is 0 Å². The fourth-order valence-electron chi connectivity index (χ4n) is 3.48. The quantitative estimate of drug-likeness (QED) is 0.775. The van der Waals surface area contributed by atoms with E-state index in [4.69, 9.17) is 4.74 Å². The van der Waals surface area contributed by atoms with Crippen LogP contribution in [0.3, 0.4) is 0 Å². The fourth-order valence-corrected chi connectivity index (χ4v) is 3.48. The Balaban J connectivity index is 1.47. The standard InChI is InChI=1S/C19H21N5O/c1-25-18-6-2-4-14-10-16(7-8-17(14)18)22-11-15-5-3-9-21-19(15)24-13-20-12-23-24/h2-6,9,12-13,16,22H,7-8,10-11H2,1H3. The molecule has 4 rings (SSSR count). The summed E-state index contributed by atoms with van der Waals surface area (Å²) in [7, 11) is 1.74. The van der Waals surface area contributed by atoms with Crippen molar-refractivity contribution in [3.8, 4) is 11.6 Å². The third-order valence-corrected chi connectivity index (χ3v) is 4.74. The molecule has 1 aromatic carbocycles. The monoisotopic (exact) mass is 335 g/mol. The molecule has 1 N–H and O–H groups in total. The predicted molar refractivity (Wildman–Crippen MR) is 94.8 cm³/mol. The molecule has 6 heteroatoms. The lowest BCUT2D eigenvalue weighted by Crippen LogP contribution is -2.34. The Morgan fingerprint density at radius 3 is 3.08 bits per heavy atom. The number of benzene rings is 1. The molecule has 0 spiro atoms. The van der Waals surface area contributed by atoms with Crippen molar-refractivity contribution in [1.29, 1.82) is 0 Å². The molecule has 2 aromatic heterocycles.